The molecular formula is C14H21N3O3S. The summed E-state index contributed by atoms with van der Waals surface area (Å²) in [6.45, 7) is 4.10. The molecule has 0 spiro atoms. The topological polar surface area (TPSA) is 115 Å². The maximum Gasteiger partial charge on any atom is 0.248 e. The van der Waals surface area contributed by atoms with Crippen molar-refractivity contribution in [3.05, 3.63) is 23.8 Å². The maximum atomic E-state index is 12.5. The van der Waals surface area contributed by atoms with Gasteiger partial charge in [0.15, 0.2) is 0 Å². The third kappa shape index (κ3) is 3.19. The number of carbonyl (C=O) groups is 1. The van der Waals surface area contributed by atoms with Crippen LogP contribution in [-0.4, -0.2) is 20.4 Å². The van der Waals surface area contributed by atoms with Crippen LogP contribution in [0.2, 0.25) is 0 Å². The van der Waals surface area contributed by atoms with Crippen molar-refractivity contribution in [2.24, 2.45) is 11.1 Å². The quantitative estimate of drug-likeness (QED) is 0.725. The summed E-state index contributed by atoms with van der Waals surface area (Å²) in [5.41, 5.74) is 11.0. The molecule has 0 radical (unpaired) electrons. The van der Waals surface area contributed by atoms with Gasteiger partial charge in [-0.15, -0.1) is 0 Å². The molecule has 5 N–H and O–H groups in total. The van der Waals surface area contributed by atoms with Crippen molar-refractivity contribution in [2.75, 3.05) is 5.73 Å². The highest BCUT2D eigenvalue weighted by atomic mass is 32.2. The molecule has 0 saturated heterocycles. The summed E-state index contributed by atoms with van der Waals surface area (Å²) >= 11 is 0. The van der Waals surface area contributed by atoms with Crippen molar-refractivity contribution in [1.82, 2.24) is 4.72 Å². The lowest BCUT2D eigenvalue weighted by Crippen LogP contribution is -2.41. The fourth-order valence-corrected chi connectivity index (χ4v) is 4.30. The number of anilines is 1. The van der Waals surface area contributed by atoms with Crippen LogP contribution in [0.4, 0.5) is 5.69 Å². The molecule has 1 amide bonds. The highest BCUT2D eigenvalue weighted by Crippen LogP contribution is 2.38. The predicted molar refractivity (Wildman–Crippen MR) is 81.1 cm³/mol. The first-order chi connectivity index (χ1) is 9.63. The lowest BCUT2D eigenvalue weighted by Gasteiger charge is -2.27. The number of rotatable bonds is 4. The third-order valence-electron chi connectivity index (χ3n) is 4.14. The average molecular weight is 311 g/mol. The SMILES string of the molecule is CC1(C)CCCC1NS(=O)(=O)c1ccc(C(N)=O)cc1N. The molecule has 1 aromatic rings. The first-order valence-electron chi connectivity index (χ1n) is 6.85. The summed E-state index contributed by atoms with van der Waals surface area (Å²) in [6, 6.07) is 3.86. The number of nitrogens with two attached hydrogens (primary N) is 2. The minimum Gasteiger partial charge on any atom is -0.398 e. The van der Waals surface area contributed by atoms with Crippen LogP contribution < -0.4 is 16.2 Å². The van der Waals surface area contributed by atoms with Gasteiger partial charge < -0.3 is 11.5 Å². The number of carbonyl (C=O) groups excluding carboxylic acids is 1. The zero-order valence-electron chi connectivity index (χ0n) is 12.2. The lowest BCUT2D eigenvalue weighted by atomic mass is 9.88. The standard InChI is InChI=1S/C14H21N3O3S/c1-14(2)7-3-4-12(14)17-21(19,20)11-6-5-9(13(16)18)8-10(11)15/h5-6,8,12,17H,3-4,7,15H2,1-2H3,(H2,16,18). The second kappa shape index (κ2) is 5.31. The van der Waals surface area contributed by atoms with Crippen molar-refractivity contribution in [3.8, 4) is 0 Å². The van der Waals surface area contributed by atoms with Crippen LogP contribution >= 0.6 is 0 Å². The molecule has 0 aromatic heterocycles. The first kappa shape index (κ1) is 15.8. The smallest absolute Gasteiger partial charge is 0.248 e. The van der Waals surface area contributed by atoms with E-state index in [1.54, 1.807) is 0 Å². The van der Waals surface area contributed by atoms with E-state index in [-0.39, 0.29) is 27.6 Å². The van der Waals surface area contributed by atoms with E-state index >= 15 is 0 Å². The van der Waals surface area contributed by atoms with E-state index in [2.05, 4.69) is 4.72 Å². The molecule has 6 nitrogen and oxygen atoms in total. The molecule has 1 aromatic carbocycles. The Morgan fingerprint density at radius 1 is 1.38 bits per heavy atom. The van der Waals surface area contributed by atoms with Gasteiger partial charge in [-0.05, 0) is 36.5 Å². The van der Waals surface area contributed by atoms with Crippen LogP contribution in [0.5, 0.6) is 0 Å². The molecule has 7 heteroatoms. The first-order valence-corrected chi connectivity index (χ1v) is 8.33. The van der Waals surface area contributed by atoms with Gasteiger partial charge in [0.25, 0.3) is 0 Å². The highest BCUT2D eigenvalue weighted by Gasteiger charge is 2.37. The number of hydrogen-bond acceptors (Lipinski definition) is 4. The van der Waals surface area contributed by atoms with Crippen LogP contribution in [0.15, 0.2) is 23.1 Å². The molecule has 1 aliphatic carbocycles. The van der Waals surface area contributed by atoms with E-state index in [1.807, 2.05) is 13.8 Å². The molecule has 0 bridgehead atoms. The maximum absolute atomic E-state index is 12.5. The normalized spacial score (nSPS) is 21.3. The van der Waals surface area contributed by atoms with Gasteiger partial charge in [-0.25, -0.2) is 13.1 Å². The fraction of sp³-hybridized carbons (Fsp3) is 0.500. The summed E-state index contributed by atoms with van der Waals surface area (Å²) in [5, 5.41) is 0. The summed E-state index contributed by atoms with van der Waals surface area (Å²) in [6.07, 6.45) is 2.79. The number of benzene rings is 1. The minimum absolute atomic E-state index is 0.0183. The second-order valence-corrected chi connectivity index (χ2v) is 7.85. The molecule has 116 valence electrons. The average Bonchev–Trinajstić information content (AvgIpc) is 2.67. The van der Waals surface area contributed by atoms with Crippen molar-refractivity contribution in [2.45, 2.75) is 44.0 Å². The van der Waals surface area contributed by atoms with E-state index < -0.39 is 15.9 Å². The predicted octanol–water partition coefficient (Wildman–Crippen LogP) is 1.22. The zero-order valence-corrected chi connectivity index (χ0v) is 13.0. The van der Waals surface area contributed by atoms with E-state index in [0.717, 1.165) is 19.3 Å². The Morgan fingerprint density at radius 2 is 2.05 bits per heavy atom. The molecule has 21 heavy (non-hydrogen) atoms. The van der Waals surface area contributed by atoms with E-state index in [4.69, 9.17) is 11.5 Å². The van der Waals surface area contributed by atoms with Gasteiger partial charge in [0.1, 0.15) is 4.90 Å². The Bertz CT molecular complexity index is 668. The second-order valence-electron chi connectivity index (χ2n) is 6.17. The Hall–Kier alpha value is -1.60. The number of hydrogen-bond donors (Lipinski definition) is 3. The monoisotopic (exact) mass is 311 g/mol. The Morgan fingerprint density at radius 3 is 2.52 bits per heavy atom. The summed E-state index contributed by atoms with van der Waals surface area (Å²) in [4.78, 5) is 11.1. The number of nitrogens with one attached hydrogen (secondary N) is 1. The Labute approximate surface area is 124 Å². The minimum atomic E-state index is -3.71. The molecule has 1 aliphatic rings. The highest BCUT2D eigenvalue weighted by molar-refractivity contribution is 7.89. The van der Waals surface area contributed by atoms with Gasteiger partial charge in [0.05, 0.1) is 5.69 Å². The largest absolute Gasteiger partial charge is 0.398 e. The van der Waals surface area contributed by atoms with Crippen molar-refractivity contribution in [1.29, 1.82) is 0 Å². The zero-order chi connectivity index (χ0) is 15.8. The molecule has 1 saturated carbocycles. The number of sulfonamides is 1. The van der Waals surface area contributed by atoms with Crippen molar-refractivity contribution in [3.63, 3.8) is 0 Å². The van der Waals surface area contributed by atoms with E-state index in [9.17, 15) is 13.2 Å². The molecule has 2 rings (SSSR count). The van der Waals surface area contributed by atoms with E-state index in [0.29, 0.717) is 0 Å². The van der Waals surface area contributed by atoms with Crippen LogP contribution in [0.1, 0.15) is 43.5 Å². The molecular weight excluding hydrogens is 290 g/mol. The van der Waals surface area contributed by atoms with Gasteiger partial charge in [-0.1, -0.05) is 20.3 Å². The number of nitrogen functional groups attached to an aromatic ring is 1. The Kier molecular flexibility index (Phi) is 3.99. The summed E-state index contributed by atoms with van der Waals surface area (Å²) in [5.74, 6) is -0.643. The number of amides is 1. The van der Waals surface area contributed by atoms with Crippen molar-refractivity contribution < 1.29 is 13.2 Å². The third-order valence-corrected chi connectivity index (χ3v) is 5.68. The molecule has 1 unspecified atom stereocenters. The summed E-state index contributed by atoms with van der Waals surface area (Å²) in [7, 11) is -3.71. The van der Waals surface area contributed by atoms with Crippen molar-refractivity contribution >= 4 is 21.6 Å². The van der Waals surface area contributed by atoms with Gasteiger partial charge in [-0.3, -0.25) is 4.79 Å². The lowest BCUT2D eigenvalue weighted by molar-refractivity contribution is 0.1000. The summed E-state index contributed by atoms with van der Waals surface area (Å²) < 4.78 is 27.7. The number of primary amides is 1. The van der Waals surface area contributed by atoms with Gasteiger partial charge >= 0.3 is 0 Å². The fourth-order valence-electron chi connectivity index (χ4n) is 2.74. The van der Waals surface area contributed by atoms with Crippen LogP contribution in [0.25, 0.3) is 0 Å². The molecule has 1 fully saturated rings. The van der Waals surface area contributed by atoms with Gasteiger partial charge in [0.2, 0.25) is 15.9 Å². The van der Waals surface area contributed by atoms with Gasteiger partial charge in [-0.2, -0.15) is 0 Å². The Balaban J connectivity index is 2.30. The molecule has 0 heterocycles. The molecule has 0 aliphatic heterocycles. The van der Waals surface area contributed by atoms with Crippen LogP contribution in [0, 0.1) is 5.41 Å². The van der Waals surface area contributed by atoms with Crippen LogP contribution in [-0.2, 0) is 10.0 Å². The van der Waals surface area contributed by atoms with Crippen LogP contribution in [0.3, 0.4) is 0 Å². The van der Waals surface area contributed by atoms with Gasteiger partial charge in [0, 0.05) is 11.6 Å². The molecule has 1 atom stereocenters. The van der Waals surface area contributed by atoms with E-state index in [1.165, 1.54) is 18.2 Å².